The van der Waals surface area contributed by atoms with Crippen LogP contribution in [0.5, 0.6) is 0 Å². The first-order valence-corrected chi connectivity index (χ1v) is 12.7. The summed E-state index contributed by atoms with van der Waals surface area (Å²) in [6.07, 6.45) is 17.6. The number of imidazole rings is 1. The van der Waals surface area contributed by atoms with Crippen LogP contribution in [-0.2, 0) is 4.79 Å². The number of amides is 1. The summed E-state index contributed by atoms with van der Waals surface area (Å²) in [6, 6.07) is 0.583. The van der Waals surface area contributed by atoms with Crippen LogP contribution >= 0.6 is 0 Å². The van der Waals surface area contributed by atoms with Gasteiger partial charge in [0.15, 0.2) is 0 Å². The maximum absolute atomic E-state index is 11.4. The minimum Gasteiger partial charge on any atom is -0.353 e. The van der Waals surface area contributed by atoms with Gasteiger partial charge < -0.3 is 21.4 Å². The second-order valence-electron chi connectivity index (χ2n) is 8.50. The number of aryl methyl sites for hydroxylation is 1. The molecule has 1 aromatic heterocycles. The van der Waals surface area contributed by atoms with Gasteiger partial charge in [0.25, 0.3) is 0 Å². The first-order chi connectivity index (χ1) is 15.8. The SMILES string of the molecule is C#C.CC.CC.CC(=N)CC1C(=O)NC2CC1C2.CCC(C)CCCC(N)c1cnc(C)[nH]1. The highest BCUT2D eigenvalue weighted by Gasteiger charge is 2.44. The topological polar surface area (TPSA) is 108 Å². The van der Waals surface area contributed by atoms with Crippen molar-refractivity contribution in [3.8, 4) is 12.8 Å². The summed E-state index contributed by atoms with van der Waals surface area (Å²) in [6.45, 7) is 16.3. The molecule has 3 unspecified atom stereocenters. The van der Waals surface area contributed by atoms with Crippen LogP contribution in [0, 0.1) is 42.9 Å². The zero-order valence-electron chi connectivity index (χ0n) is 22.5. The summed E-state index contributed by atoms with van der Waals surface area (Å²) in [4.78, 5) is 18.7. The van der Waals surface area contributed by atoms with Crippen molar-refractivity contribution >= 4 is 11.6 Å². The van der Waals surface area contributed by atoms with Crippen LogP contribution in [0.25, 0.3) is 0 Å². The van der Waals surface area contributed by atoms with Gasteiger partial charge in [0.2, 0.25) is 5.91 Å². The van der Waals surface area contributed by atoms with Crippen molar-refractivity contribution in [3.63, 3.8) is 0 Å². The van der Waals surface area contributed by atoms with Crippen LogP contribution < -0.4 is 11.1 Å². The smallest absolute Gasteiger partial charge is 0.223 e. The third-order valence-electron chi connectivity index (χ3n) is 5.98. The fourth-order valence-electron chi connectivity index (χ4n) is 3.89. The Labute approximate surface area is 203 Å². The van der Waals surface area contributed by atoms with Crippen molar-refractivity contribution in [1.29, 1.82) is 5.41 Å². The summed E-state index contributed by atoms with van der Waals surface area (Å²) in [5.74, 6) is 2.62. The first-order valence-electron chi connectivity index (χ1n) is 12.7. The maximum atomic E-state index is 11.4. The second kappa shape index (κ2) is 19.3. The van der Waals surface area contributed by atoms with Gasteiger partial charge in [-0.25, -0.2) is 4.98 Å². The van der Waals surface area contributed by atoms with Gasteiger partial charge >= 0.3 is 0 Å². The van der Waals surface area contributed by atoms with E-state index in [2.05, 4.69) is 42.0 Å². The minimum absolute atomic E-state index is 0.104. The summed E-state index contributed by atoms with van der Waals surface area (Å²) in [5, 5.41) is 10.3. The molecule has 1 aliphatic carbocycles. The number of hydrogen-bond donors (Lipinski definition) is 4. The molecule has 1 saturated carbocycles. The highest BCUT2D eigenvalue weighted by Crippen LogP contribution is 2.40. The molecule has 3 heterocycles. The van der Waals surface area contributed by atoms with E-state index >= 15 is 0 Å². The van der Waals surface area contributed by atoms with E-state index < -0.39 is 0 Å². The van der Waals surface area contributed by atoms with E-state index in [0.717, 1.165) is 36.7 Å². The third kappa shape index (κ3) is 12.6. The number of H-pyrrole nitrogens is 1. The Morgan fingerprint density at radius 2 is 1.82 bits per heavy atom. The Bertz CT molecular complexity index is 660. The van der Waals surface area contributed by atoms with Crippen LogP contribution in [0.2, 0.25) is 0 Å². The quantitative estimate of drug-likeness (QED) is 0.274. The molecule has 3 atom stereocenters. The number of aromatic amines is 1. The highest BCUT2D eigenvalue weighted by molar-refractivity contribution is 5.88. The van der Waals surface area contributed by atoms with Crippen LogP contribution in [-0.4, -0.2) is 27.6 Å². The van der Waals surface area contributed by atoms with Crippen molar-refractivity contribution in [1.82, 2.24) is 15.3 Å². The minimum atomic E-state index is 0.104. The zero-order valence-corrected chi connectivity index (χ0v) is 22.5. The lowest BCUT2D eigenvalue weighted by atomic mass is 9.67. The highest BCUT2D eigenvalue weighted by atomic mass is 16.2. The zero-order chi connectivity index (χ0) is 26.0. The van der Waals surface area contributed by atoms with Crippen molar-refractivity contribution in [2.24, 2.45) is 23.5 Å². The number of carbonyl (C=O) groups is 1. The number of carbonyl (C=O) groups excluding carboxylic acids is 1. The summed E-state index contributed by atoms with van der Waals surface area (Å²) >= 11 is 0. The predicted molar refractivity (Wildman–Crippen MR) is 142 cm³/mol. The standard InChI is InChI=1S/C12H23N3.C9H14N2O.2C2H6.C2H2/c1-4-9(2)6-5-7-11(13)12-8-14-10(3)15-12;1-5(10)2-8-6-3-7(4-6)11-9(8)12;3*1-2/h8-9,11H,4-7,13H2,1-3H3,(H,14,15);6-8,10H,2-4H2,1H3,(H,11,12);2*1-2H3;1-2H. The lowest BCUT2D eigenvalue weighted by Gasteiger charge is -2.46. The Balaban J connectivity index is 0. The predicted octanol–water partition coefficient (Wildman–Crippen LogP) is 6.18. The maximum Gasteiger partial charge on any atom is 0.223 e. The van der Waals surface area contributed by atoms with E-state index in [1.807, 2.05) is 40.8 Å². The normalized spacial score (nSPS) is 21.3. The van der Waals surface area contributed by atoms with E-state index in [1.165, 1.54) is 19.3 Å². The van der Waals surface area contributed by atoms with Gasteiger partial charge in [-0.2, -0.15) is 0 Å². The lowest BCUT2D eigenvalue weighted by molar-refractivity contribution is -0.135. The molecule has 3 aliphatic rings. The monoisotopic (exact) mass is 461 g/mol. The fraction of sp³-hybridized carbons (Fsp3) is 0.741. The molecule has 190 valence electrons. The van der Waals surface area contributed by atoms with E-state index in [1.54, 1.807) is 6.92 Å². The second-order valence-corrected chi connectivity index (χ2v) is 8.50. The van der Waals surface area contributed by atoms with Crippen molar-refractivity contribution in [2.45, 2.75) is 112 Å². The molecule has 5 N–H and O–H groups in total. The third-order valence-corrected chi connectivity index (χ3v) is 5.98. The summed E-state index contributed by atoms with van der Waals surface area (Å²) < 4.78 is 0. The molecular formula is C27H51N5O. The molecule has 1 aromatic rings. The number of terminal acetylenes is 1. The number of aromatic nitrogens is 2. The first kappa shape index (κ1) is 33.0. The van der Waals surface area contributed by atoms with Crippen molar-refractivity contribution in [3.05, 3.63) is 17.7 Å². The van der Waals surface area contributed by atoms with Crippen LogP contribution in [0.4, 0.5) is 0 Å². The Hall–Kier alpha value is -2.13. The number of fused-ring (bicyclic) bond motifs is 2. The van der Waals surface area contributed by atoms with Gasteiger partial charge in [-0.05, 0) is 51.4 Å². The fourth-order valence-corrected chi connectivity index (χ4v) is 3.89. The average molecular weight is 462 g/mol. The van der Waals surface area contributed by atoms with Crippen molar-refractivity contribution in [2.75, 3.05) is 0 Å². The number of nitrogens with two attached hydrogens (primary N) is 1. The molecule has 0 spiro atoms. The Kier molecular flexibility index (Phi) is 19.4. The number of nitrogens with one attached hydrogen (secondary N) is 3. The molecule has 6 heteroatoms. The molecule has 1 amide bonds. The number of rotatable bonds is 8. The molecule has 2 bridgehead atoms. The number of piperidine rings is 2. The van der Waals surface area contributed by atoms with Crippen LogP contribution in [0.15, 0.2) is 6.20 Å². The van der Waals surface area contributed by atoms with Gasteiger partial charge in [-0.15, -0.1) is 12.8 Å². The summed E-state index contributed by atoms with van der Waals surface area (Å²) in [7, 11) is 0. The van der Waals surface area contributed by atoms with Gasteiger partial charge in [0.1, 0.15) is 5.82 Å². The molecule has 33 heavy (non-hydrogen) atoms. The molecule has 4 rings (SSSR count). The molecule has 0 aromatic carbocycles. The molecule has 6 nitrogen and oxygen atoms in total. The van der Waals surface area contributed by atoms with Crippen LogP contribution in [0.1, 0.15) is 111 Å². The Morgan fingerprint density at radius 1 is 1.24 bits per heavy atom. The lowest BCUT2D eigenvalue weighted by Crippen LogP contribution is -2.57. The van der Waals surface area contributed by atoms with Crippen LogP contribution in [0.3, 0.4) is 0 Å². The van der Waals surface area contributed by atoms with Gasteiger partial charge in [-0.3, -0.25) is 4.79 Å². The average Bonchev–Trinajstić information content (AvgIpc) is 3.24. The van der Waals surface area contributed by atoms with Crippen molar-refractivity contribution < 1.29 is 4.79 Å². The van der Waals surface area contributed by atoms with E-state index in [-0.39, 0.29) is 17.9 Å². The molecule has 2 saturated heterocycles. The van der Waals surface area contributed by atoms with E-state index in [4.69, 9.17) is 11.1 Å². The van der Waals surface area contributed by atoms with E-state index in [0.29, 0.717) is 24.1 Å². The molecule has 2 aliphatic heterocycles. The Morgan fingerprint density at radius 3 is 2.24 bits per heavy atom. The number of nitrogens with zero attached hydrogens (tertiary/aromatic N) is 1. The summed E-state index contributed by atoms with van der Waals surface area (Å²) in [5.41, 5.74) is 7.76. The number of hydrogen-bond acceptors (Lipinski definition) is 4. The van der Waals surface area contributed by atoms with Gasteiger partial charge in [-0.1, -0.05) is 60.8 Å². The molecule has 3 fully saturated rings. The largest absolute Gasteiger partial charge is 0.353 e. The van der Waals surface area contributed by atoms with Gasteiger partial charge in [0, 0.05) is 29.9 Å². The van der Waals surface area contributed by atoms with Gasteiger partial charge in [0.05, 0.1) is 5.69 Å². The van der Waals surface area contributed by atoms with E-state index in [9.17, 15) is 4.79 Å². The molecule has 0 radical (unpaired) electrons. The molecular weight excluding hydrogens is 410 g/mol.